The first kappa shape index (κ1) is 18.5. The molecule has 2 aromatic heterocycles. The van der Waals surface area contributed by atoms with E-state index in [0.29, 0.717) is 5.03 Å². The summed E-state index contributed by atoms with van der Waals surface area (Å²) in [5, 5.41) is 12.7. The van der Waals surface area contributed by atoms with Crippen LogP contribution in [0.5, 0.6) is 0 Å². The highest BCUT2D eigenvalue weighted by atomic mass is 32.2. The number of thioether (sulfide) groups is 1. The van der Waals surface area contributed by atoms with Crippen molar-refractivity contribution in [1.82, 2.24) is 15.2 Å². The second-order valence-electron chi connectivity index (χ2n) is 5.95. The monoisotopic (exact) mass is 410 g/mol. The number of anilines is 1. The van der Waals surface area contributed by atoms with Gasteiger partial charge in [0.2, 0.25) is 5.91 Å². The maximum absolute atomic E-state index is 13.7. The number of amides is 1. The number of benzene rings is 2. The number of para-hydroxylation sites is 1. The van der Waals surface area contributed by atoms with Gasteiger partial charge in [-0.25, -0.2) is 9.37 Å². The van der Waals surface area contributed by atoms with Crippen LogP contribution < -0.4 is 5.32 Å². The van der Waals surface area contributed by atoms with E-state index in [4.69, 9.17) is 0 Å². The van der Waals surface area contributed by atoms with Crippen molar-refractivity contribution in [2.45, 2.75) is 11.9 Å². The molecule has 4 aromatic rings. The molecule has 2 aromatic carbocycles. The molecule has 0 fully saturated rings. The van der Waals surface area contributed by atoms with Crippen molar-refractivity contribution in [3.63, 3.8) is 0 Å². The standard InChI is InChI=1S/C20H15FN4OS2/c1-12-22-18-19(28-12)17(13-7-3-2-4-8-13)24-25-20(18)27-11-16(26)23-15-10-6-5-9-14(15)21/h2-10H,11H2,1H3,(H,23,26). The molecule has 0 aliphatic heterocycles. The second-order valence-corrected chi connectivity index (χ2v) is 8.11. The smallest absolute Gasteiger partial charge is 0.234 e. The van der Waals surface area contributed by atoms with Crippen molar-refractivity contribution in [2.24, 2.45) is 0 Å². The van der Waals surface area contributed by atoms with E-state index in [1.807, 2.05) is 37.3 Å². The molecule has 140 valence electrons. The fourth-order valence-corrected chi connectivity index (χ4v) is 4.40. The van der Waals surface area contributed by atoms with E-state index in [1.54, 1.807) is 23.5 Å². The quantitative estimate of drug-likeness (QED) is 0.473. The van der Waals surface area contributed by atoms with Crippen LogP contribution in [0.4, 0.5) is 10.1 Å². The van der Waals surface area contributed by atoms with Gasteiger partial charge in [-0.3, -0.25) is 4.79 Å². The van der Waals surface area contributed by atoms with Crippen molar-refractivity contribution >= 4 is 44.9 Å². The molecule has 8 heteroatoms. The minimum Gasteiger partial charge on any atom is -0.323 e. The summed E-state index contributed by atoms with van der Waals surface area (Å²) in [6.07, 6.45) is 0. The summed E-state index contributed by atoms with van der Waals surface area (Å²) < 4.78 is 14.6. The number of nitrogens with one attached hydrogen (secondary N) is 1. The summed E-state index contributed by atoms with van der Waals surface area (Å²) in [5.41, 5.74) is 2.65. The second kappa shape index (κ2) is 8.04. The topological polar surface area (TPSA) is 67.8 Å². The number of thiazole rings is 1. The molecule has 1 amide bonds. The van der Waals surface area contributed by atoms with E-state index in [9.17, 15) is 9.18 Å². The Morgan fingerprint density at radius 2 is 1.86 bits per heavy atom. The van der Waals surface area contributed by atoms with E-state index in [1.165, 1.54) is 23.9 Å². The molecule has 0 spiro atoms. The molecular weight excluding hydrogens is 395 g/mol. The molecule has 0 aliphatic carbocycles. The average Bonchev–Trinajstić information content (AvgIpc) is 3.10. The van der Waals surface area contributed by atoms with Crippen molar-refractivity contribution in [3.8, 4) is 11.3 Å². The maximum atomic E-state index is 13.7. The minimum atomic E-state index is -0.467. The van der Waals surface area contributed by atoms with E-state index in [0.717, 1.165) is 26.5 Å². The lowest BCUT2D eigenvalue weighted by Gasteiger charge is -2.07. The molecule has 0 bridgehead atoms. The molecule has 0 saturated heterocycles. The Bertz CT molecular complexity index is 1150. The fraction of sp³-hybridized carbons (Fsp3) is 0.100. The predicted octanol–water partition coefficient (Wildman–Crippen LogP) is 4.93. The zero-order valence-electron chi connectivity index (χ0n) is 14.8. The Morgan fingerprint density at radius 3 is 2.64 bits per heavy atom. The van der Waals surface area contributed by atoms with Gasteiger partial charge in [0.15, 0.2) is 0 Å². The zero-order valence-corrected chi connectivity index (χ0v) is 16.5. The van der Waals surface area contributed by atoms with Crippen LogP contribution in [-0.2, 0) is 4.79 Å². The van der Waals surface area contributed by atoms with Gasteiger partial charge in [-0.15, -0.1) is 21.5 Å². The highest BCUT2D eigenvalue weighted by Gasteiger charge is 2.17. The Balaban J connectivity index is 1.56. The van der Waals surface area contributed by atoms with E-state index in [2.05, 4.69) is 20.5 Å². The van der Waals surface area contributed by atoms with Crippen molar-refractivity contribution in [1.29, 1.82) is 0 Å². The van der Waals surface area contributed by atoms with E-state index >= 15 is 0 Å². The van der Waals surface area contributed by atoms with Crippen molar-refractivity contribution in [2.75, 3.05) is 11.1 Å². The van der Waals surface area contributed by atoms with Gasteiger partial charge in [0.1, 0.15) is 22.1 Å². The van der Waals surface area contributed by atoms with Crippen molar-refractivity contribution < 1.29 is 9.18 Å². The van der Waals surface area contributed by atoms with Gasteiger partial charge in [-0.1, -0.05) is 54.2 Å². The zero-order chi connectivity index (χ0) is 19.5. The first-order valence-electron chi connectivity index (χ1n) is 8.48. The number of nitrogens with zero attached hydrogens (tertiary/aromatic N) is 3. The van der Waals surface area contributed by atoms with Gasteiger partial charge >= 0.3 is 0 Å². The summed E-state index contributed by atoms with van der Waals surface area (Å²) in [6.45, 7) is 1.93. The third kappa shape index (κ3) is 3.88. The largest absolute Gasteiger partial charge is 0.323 e. The molecule has 0 saturated carbocycles. The van der Waals surface area contributed by atoms with E-state index in [-0.39, 0.29) is 17.3 Å². The lowest BCUT2D eigenvalue weighted by atomic mass is 10.1. The van der Waals surface area contributed by atoms with E-state index < -0.39 is 5.82 Å². The molecular formula is C20H15FN4OS2. The number of hydrogen-bond donors (Lipinski definition) is 1. The van der Waals surface area contributed by atoms with Crippen LogP contribution in [0.3, 0.4) is 0 Å². The predicted molar refractivity (Wildman–Crippen MR) is 111 cm³/mol. The third-order valence-corrected chi connectivity index (χ3v) is 5.86. The highest BCUT2D eigenvalue weighted by molar-refractivity contribution is 8.00. The molecule has 0 atom stereocenters. The van der Waals surface area contributed by atoms with Gasteiger partial charge in [0.05, 0.1) is 21.1 Å². The maximum Gasteiger partial charge on any atom is 0.234 e. The summed E-state index contributed by atoms with van der Waals surface area (Å²) in [6, 6.07) is 15.9. The Labute approximate surface area is 169 Å². The van der Waals surface area contributed by atoms with Crippen LogP contribution in [-0.4, -0.2) is 26.8 Å². The Kier molecular flexibility index (Phi) is 5.31. The number of aryl methyl sites for hydroxylation is 1. The van der Waals surface area contributed by atoms with Gasteiger partial charge in [0.25, 0.3) is 0 Å². The van der Waals surface area contributed by atoms with Gasteiger partial charge in [-0.2, -0.15) is 0 Å². The minimum absolute atomic E-state index is 0.0827. The molecule has 0 unspecified atom stereocenters. The third-order valence-electron chi connectivity index (χ3n) is 3.93. The molecule has 2 heterocycles. The van der Waals surface area contributed by atoms with Crippen LogP contribution in [0, 0.1) is 12.7 Å². The lowest BCUT2D eigenvalue weighted by Crippen LogP contribution is -2.15. The summed E-state index contributed by atoms with van der Waals surface area (Å²) in [4.78, 5) is 16.8. The highest BCUT2D eigenvalue weighted by Crippen LogP contribution is 2.35. The van der Waals surface area contributed by atoms with Crippen LogP contribution in [0.15, 0.2) is 59.6 Å². The molecule has 5 nitrogen and oxygen atoms in total. The number of carbonyl (C=O) groups is 1. The number of carbonyl (C=O) groups excluding carboxylic acids is 1. The molecule has 0 aliphatic rings. The van der Waals surface area contributed by atoms with Crippen LogP contribution >= 0.6 is 23.1 Å². The number of fused-ring (bicyclic) bond motifs is 1. The fourth-order valence-electron chi connectivity index (χ4n) is 2.69. The molecule has 4 rings (SSSR count). The average molecular weight is 410 g/mol. The first-order chi connectivity index (χ1) is 13.6. The Hall–Kier alpha value is -2.84. The summed E-state index contributed by atoms with van der Waals surface area (Å²) in [5.74, 6) is -0.700. The van der Waals surface area contributed by atoms with Crippen LogP contribution in [0.1, 0.15) is 5.01 Å². The Morgan fingerprint density at radius 1 is 1.11 bits per heavy atom. The van der Waals surface area contributed by atoms with Crippen LogP contribution in [0.2, 0.25) is 0 Å². The van der Waals surface area contributed by atoms with Gasteiger partial charge in [-0.05, 0) is 19.1 Å². The van der Waals surface area contributed by atoms with Gasteiger partial charge in [0, 0.05) is 5.56 Å². The molecule has 0 radical (unpaired) electrons. The SMILES string of the molecule is Cc1nc2c(SCC(=O)Nc3ccccc3F)nnc(-c3ccccc3)c2s1. The summed E-state index contributed by atoms with van der Waals surface area (Å²) >= 11 is 2.79. The van der Waals surface area contributed by atoms with Gasteiger partial charge < -0.3 is 5.32 Å². The normalized spacial score (nSPS) is 10.9. The molecule has 28 heavy (non-hydrogen) atoms. The van der Waals surface area contributed by atoms with Crippen molar-refractivity contribution in [3.05, 3.63) is 65.4 Å². The number of hydrogen-bond acceptors (Lipinski definition) is 6. The van der Waals surface area contributed by atoms with Crippen LogP contribution in [0.25, 0.3) is 21.5 Å². The number of aromatic nitrogens is 3. The first-order valence-corrected chi connectivity index (χ1v) is 10.3. The lowest BCUT2D eigenvalue weighted by molar-refractivity contribution is -0.113. The summed E-state index contributed by atoms with van der Waals surface area (Å²) in [7, 11) is 0. The molecule has 1 N–H and O–H groups in total. The number of rotatable bonds is 5. The number of halogens is 1.